The normalized spacial score (nSPS) is 18.2. The lowest BCUT2D eigenvalue weighted by Crippen LogP contribution is -2.32. The Hall–Kier alpha value is -0.610. The van der Waals surface area contributed by atoms with E-state index >= 15 is 0 Å². The summed E-state index contributed by atoms with van der Waals surface area (Å²) in [5.41, 5.74) is 0. The fraction of sp³-hybridized carbons (Fsp3) is 0.929. The number of piperidine rings is 1. The summed E-state index contributed by atoms with van der Waals surface area (Å²) in [4.78, 5) is 16.2. The maximum atomic E-state index is 11.6. The van der Waals surface area contributed by atoms with Crippen molar-refractivity contribution in [2.75, 3.05) is 46.4 Å². The highest BCUT2D eigenvalue weighted by Gasteiger charge is 2.18. The third-order valence-electron chi connectivity index (χ3n) is 3.84. The van der Waals surface area contributed by atoms with Crippen LogP contribution < -0.4 is 0 Å². The van der Waals surface area contributed by atoms with Crippen LogP contribution in [0.4, 0.5) is 0 Å². The van der Waals surface area contributed by atoms with Gasteiger partial charge in [-0.2, -0.15) is 0 Å². The van der Waals surface area contributed by atoms with Crippen molar-refractivity contribution in [3.8, 4) is 0 Å². The maximum absolute atomic E-state index is 11.6. The van der Waals surface area contributed by atoms with E-state index in [-0.39, 0.29) is 5.97 Å². The average Bonchev–Trinajstić information content (AvgIpc) is 2.39. The molecule has 1 heterocycles. The minimum absolute atomic E-state index is 0.0409. The standard InChI is InChI=1S/C14H28N2O2/c1-4-16(5-2)11-8-14(17)18-12-13-6-9-15(3)10-7-13/h13H,4-12H2,1-3H3. The van der Waals surface area contributed by atoms with Crippen LogP contribution in [0.2, 0.25) is 0 Å². The first-order chi connectivity index (χ1) is 8.65. The molecule has 0 spiro atoms. The number of ether oxygens (including phenoxy) is 1. The summed E-state index contributed by atoms with van der Waals surface area (Å²) >= 11 is 0. The summed E-state index contributed by atoms with van der Waals surface area (Å²) in [6.45, 7) is 9.92. The number of esters is 1. The molecule has 106 valence electrons. The molecule has 0 radical (unpaired) electrons. The van der Waals surface area contributed by atoms with Crippen molar-refractivity contribution < 1.29 is 9.53 Å². The number of carbonyl (C=O) groups excluding carboxylic acids is 1. The minimum atomic E-state index is -0.0409. The van der Waals surface area contributed by atoms with Crippen LogP contribution in [0.3, 0.4) is 0 Å². The summed E-state index contributed by atoms with van der Waals surface area (Å²) < 4.78 is 5.37. The lowest BCUT2D eigenvalue weighted by molar-refractivity contribution is -0.145. The van der Waals surface area contributed by atoms with Gasteiger partial charge in [-0.25, -0.2) is 0 Å². The maximum Gasteiger partial charge on any atom is 0.307 e. The minimum Gasteiger partial charge on any atom is -0.465 e. The summed E-state index contributed by atoms with van der Waals surface area (Å²) in [7, 11) is 2.15. The monoisotopic (exact) mass is 256 g/mol. The summed E-state index contributed by atoms with van der Waals surface area (Å²) in [6.07, 6.45) is 2.83. The van der Waals surface area contributed by atoms with Gasteiger partial charge in [0.25, 0.3) is 0 Å². The molecule has 0 N–H and O–H groups in total. The zero-order valence-electron chi connectivity index (χ0n) is 12.2. The smallest absolute Gasteiger partial charge is 0.307 e. The van der Waals surface area contributed by atoms with Crippen LogP contribution in [-0.2, 0) is 9.53 Å². The first kappa shape index (κ1) is 15.4. The Morgan fingerprint density at radius 1 is 1.28 bits per heavy atom. The van der Waals surface area contributed by atoms with E-state index in [1.54, 1.807) is 0 Å². The van der Waals surface area contributed by atoms with Crippen molar-refractivity contribution in [1.29, 1.82) is 0 Å². The van der Waals surface area contributed by atoms with Gasteiger partial charge in [-0.05, 0) is 52.0 Å². The van der Waals surface area contributed by atoms with E-state index in [1.165, 1.54) is 0 Å². The third kappa shape index (κ3) is 5.83. The van der Waals surface area contributed by atoms with Gasteiger partial charge in [-0.15, -0.1) is 0 Å². The fourth-order valence-corrected chi connectivity index (χ4v) is 2.30. The molecule has 1 aliphatic rings. The third-order valence-corrected chi connectivity index (χ3v) is 3.84. The molecule has 0 bridgehead atoms. The van der Waals surface area contributed by atoms with Crippen molar-refractivity contribution in [2.45, 2.75) is 33.1 Å². The molecular weight excluding hydrogens is 228 g/mol. The highest BCUT2D eigenvalue weighted by molar-refractivity contribution is 5.69. The number of rotatable bonds is 7. The molecule has 1 rings (SSSR count). The van der Waals surface area contributed by atoms with Crippen LogP contribution in [-0.4, -0.2) is 62.1 Å². The SMILES string of the molecule is CCN(CC)CCC(=O)OCC1CCN(C)CC1. The Morgan fingerprint density at radius 2 is 1.89 bits per heavy atom. The summed E-state index contributed by atoms with van der Waals surface area (Å²) in [6, 6.07) is 0. The van der Waals surface area contributed by atoms with Gasteiger partial charge in [0.15, 0.2) is 0 Å². The number of carbonyl (C=O) groups is 1. The molecule has 1 saturated heterocycles. The van der Waals surface area contributed by atoms with E-state index in [1.807, 2.05) is 0 Å². The van der Waals surface area contributed by atoms with Crippen molar-refractivity contribution in [1.82, 2.24) is 9.80 Å². The molecule has 0 unspecified atom stereocenters. The van der Waals surface area contributed by atoms with E-state index in [0.29, 0.717) is 18.9 Å². The van der Waals surface area contributed by atoms with Crippen LogP contribution in [0.25, 0.3) is 0 Å². The van der Waals surface area contributed by atoms with Crippen LogP contribution in [0, 0.1) is 5.92 Å². The second kappa shape index (κ2) is 8.48. The fourth-order valence-electron chi connectivity index (χ4n) is 2.30. The highest BCUT2D eigenvalue weighted by atomic mass is 16.5. The Balaban J connectivity index is 2.09. The molecular formula is C14H28N2O2. The summed E-state index contributed by atoms with van der Waals surface area (Å²) in [5, 5.41) is 0. The zero-order valence-corrected chi connectivity index (χ0v) is 12.2. The number of hydrogen-bond acceptors (Lipinski definition) is 4. The molecule has 4 nitrogen and oxygen atoms in total. The molecule has 0 atom stereocenters. The molecule has 0 aromatic rings. The molecule has 1 fully saturated rings. The predicted octanol–water partition coefficient (Wildman–Crippen LogP) is 1.60. The van der Waals surface area contributed by atoms with Gasteiger partial charge in [-0.3, -0.25) is 4.79 Å². The van der Waals surface area contributed by atoms with Gasteiger partial charge >= 0.3 is 5.97 Å². The quantitative estimate of drug-likeness (QED) is 0.648. The molecule has 0 aromatic carbocycles. The Bertz CT molecular complexity index is 234. The second-order valence-corrected chi connectivity index (χ2v) is 5.21. The van der Waals surface area contributed by atoms with Crippen LogP contribution in [0.1, 0.15) is 33.1 Å². The van der Waals surface area contributed by atoms with Gasteiger partial charge in [0.05, 0.1) is 13.0 Å². The highest BCUT2D eigenvalue weighted by Crippen LogP contribution is 2.16. The topological polar surface area (TPSA) is 32.8 Å². The van der Waals surface area contributed by atoms with Gasteiger partial charge in [-0.1, -0.05) is 13.8 Å². The van der Waals surface area contributed by atoms with Crippen molar-refractivity contribution in [3.63, 3.8) is 0 Å². The zero-order chi connectivity index (χ0) is 13.4. The molecule has 0 aromatic heterocycles. The van der Waals surface area contributed by atoms with E-state index in [4.69, 9.17) is 4.74 Å². The lowest BCUT2D eigenvalue weighted by Gasteiger charge is -2.28. The van der Waals surface area contributed by atoms with E-state index in [9.17, 15) is 4.79 Å². The number of hydrogen-bond donors (Lipinski definition) is 0. The van der Waals surface area contributed by atoms with Gasteiger partial charge in [0.1, 0.15) is 0 Å². The van der Waals surface area contributed by atoms with Gasteiger partial charge in [0, 0.05) is 6.54 Å². The number of nitrogens with zero attached hydrogens (tertiary/aromatic N) is 2. The first-order valence-corrected chi connectivity index (χ1v) is 7.22. The Labute approximate surface area is 111 Å². The van der Waals surface area contributed by atoms with Crippen molar-refractivity contribution >= 4 is 5.97 Å². The number of likely N-dealkylation sites (tertiary alicyclic amines) is 1. The molecule has 1 aliphatic heterocycles. The van der Waals surface area contributed by atoms with Crippen LogP contribution >= 0.6 is 0 Å². The van der Waals surface area contributed by atoms with Crippen LogP contribution in [0.5, 0.6) is 0 Å². The van der Waals surface area contributed by atoms with E-state index in [0.717, 1.165) is 45.6 Å². The molecule has 0 amide bonds. The second-order valence-electron chi connectivity index (χ2n) is 5.21. The predicted molar refractivity (Wildman–Crippen MR) is 73.6 cm³/mol. The first-order valence-electron chi connectivity index (χ1n) is 7.22. The van der Waals surface area contributed by atoms with E-state index < -0.39 is 0 Å². The molecule has 0 saturated carbocycles. The lowest BCUT2D eigenvalue weighted by atomic mass is 9.98. The molecule has 4 heteroatoms. The Kier molecular flexibility index (Phi) is 7.28. The van der Waals surface area contributed by atoms with Gasteiger partial charge < -0.3 is 14.5 Å². The largest absolute Gasteiger partial charge is 0.465 e. The average molecular weight is 256 g/mol. The molecule has 0 aliphatic carbocycles. The van der Waals surface area contributed by atoms with Gasteiger partial charge in [0.2, 0.25) is 0 Å². The van der Waals surface area contributed by atoms with Crippen LogP contribution in [0.15, 0.2) is 0 Å². The van der Waals surface area contributed by atoms with E-state index in [2.05, 4.69) is 30.7 Å². The van der Waals surface area contributed by atoms with Crippen molar-refractivity contribution in [2.24, 2.45) is 5.92 Å². The summed E-state index contributed by atoms with van der Waals surface area (Å²) in [5.74, 6) is 0.527. The Morgan fingerprint density at radius 3 is 2.44 bits per heavy atom. The van der Waals surface area contributed by atoms with Crippen molar-refractivity contribution in [3.05, 3.63) is 0 Å². The molecule has 18 heavy (non-hydrogen) atoms.